The lowest BCUT2D eigenvalue weighted by molar-refractivity contribution is -0.0622. The van der Waals surface area contributed by atoms with Crippen molar-refractivity contribution in [3.63, 3.8) is 0 Å². The molecule has 0 heterocycles. The molecule has 0 aromatic heterocycles. The largest absolute Gasteiger partial charge is 0.344 e. The molecule has 1 amide bonds. The van der Waals surface area contributed by atoms with Gasteiger partial charge in [-0.1, -0.05) is 18.2 Å². The molecule has 1 rings (SSSR count). The van der Waals surface area contributed by atoms with Crippen molar-refractivity contribution in [1.29, 1.82) is 0 Å². The third kappa shape index (κ3) is 5.10. The molecule has 0 aliphatic carbocycles. The average Bonchev–Trinajstić information content (AvgIpc) is 2.27. The number of nitrogens with one attached hydrogen (secondary N) is 1. The van der Waals surface area contributed by atoms with Gasteiger partial charge in [0, 0.05) is 12.2 Å². The van der Waals surface area contributed by atoms with Gasteiger partial charge in [0.15, 0.2) is 0 Å². The Morgan fingerprint density at radius 2 is 2.00 bits per heavy atom. The minimum absolute atomic E-state index is 0.161. The van der Waals surface area contributed by atoms with Crippen LogP contribution in [-0.4, -0.2) is 40.7 Å². The van der Waals surface area contributed by atoms with Crippen LogP contribution in [-0.2, 0) is 4.57 Å². The van der Waals surface area contributed by atoms with Crippen LogP contribution < -0.4 is 5.32 Å². The van der Waals surface area contributed by atoms with Gasteiger partial charge in [0.25, 0.3) is 5.91 Å². The van der Waals surface area contributed by atoms with E-state index in [0.29, 0.717) is 10.6 Å². The van der Waals surface area contributed by atoms with E-state index in [1.165, 1.54) is 6.66 Å². The molecule has 1 aromatic rings. The van der Waals surface area contributed by atoms with Crippen LogP contribution in [0.5, 0.6) is 0 Å². The Morgan fingerprint density at radius 3 is 2.53 bits per heavy atom. The number of rotatable bonds is 5. The third-order valence-electron chi connectivity index (χ3n) is 1.92. The summed E-state index contributed by atoms with van der Waals surface area (Å²) in [6, 6.07) is 8.27. The second-order valence-electron chi connectivity index (χ2n) is 3.69. The molecule has 1 atom stereocenters. The van der Waals surface area contributed by atoms with Crippen LogP contribution in [0.15, 0.2) is 30.3 Å². The predicted octanol–water partition coefficient (Wildman–Crippen LogP) is 0.923. The molecule has 1 aromatic carbocycles. The van der Waals surface area contributed by atoms with E-state index in [1.807, 2.05) is 0 Å². The average molecular weight is 258 g/mol. The first-order valence-corrected chi connectivity index (χ1v) is 7.25. The van der Waals surface area contributed by atoms with E-state index in [4.69, 9.17) is 4.89 Å². The van der Waals surface area contributed by atoms with Crippen LogP contribution in [0.3, 0.4) is 0 Å². The second kappa shape index (κ2) is 5.93. The molecule has 0 bridgehead atoms. The van der Waals surface area contributed by atoms with Gasteiger partial charge < -0.3 is 4.89 Å². The van der Waals surface area contributed by atoms with E-state index >= 15 is 0 Å². The van der Waals surface area contributed by atoms with Gasteiger partial charge >= 0.3 is 0 Å². The van der Waals surface area contributed by atoms with Crippen molar-refractivity contribution in [2.75, 3.05) is 19.6 Å². The molecule has 3 N–H and O–H groups in total. The van der Waals surface area contributed by atoms with Gasteiger partial charge in [-0.2, -0.15) is 0 Å². The molecule has 0 aliphatic heterocycles. The van der Waals surface area contributed by atoms with Crippen molar-refractivity contribution >= 4 is 13.3 Å². The highest BCUT2D eigenvalue weighted by Crippen LogP contribution is 2.32. The fourth-order valence-corrected chi connectivity index (χ4v) is 1.68. The van der Waals surface area contributed by atoms with Gasteiger partial charge in [0.05, 0.1) is 13.0 Å². The number of nitrogens with zero attached hydrogens (tertiary/aromatic N) is 1. The van der Waals surface area contributed by atoms with E-state index in [0.717, 1.165) is 0 Å². The van der Waals surface area contributed by atoms with Crippen LogP contribution in [0.1, 0.15) is 10.4 Å². The normalized spacial score (nSPS) is 14.1. The lowest BCUT2D eigenvalue weighted by Crippen LogP contribution is -2.36. The number of carbonyl (C=O) groups is 1. The molecule has 1 unspecified atom stereocenters. The van der Waals surface area contributed by atoms with Gasteiger partial charge in [-0.25, -0.2) is 5.06 Å². The van der Waals surface area contributed by atoms with E-state index in [9.17, 15) is 14.6 Å². The Balaban J connectivity index is 2.46. The summed E-state index contributed by atoms with van der Waals surface area (Å²) in [5.74, 6) is -0.568. The standard InChI is InChI=1S/C10H15N2O4P/c1-17(15,16)8-11-7-12(14)10(13)9-5-3-2-4-6-9/h2-6,11,14H,7-8H2,1H3,(H,15,16). The van der Waals surface area contributed by atoms with E-state index < -0.39 is 13.3 Å². The fourth-order valence-electron chi connectivity index (χ4n) is 1.16. The maximum absolute atomic E-state index is 11.6. The maximum Gasteiger partial charge on any atom is 0.278 e. The molecule has 17 heavy (non-hydrogen) atoms. The van der Waals surface area contributed by atoms with Gasteiger partial charge in [0.2, 0.25) is 7.37 Å². The quantitative estimate of drug-likeness (QED) is 0.316. The molecular formula is C10H15N2O4P. The summed E-state index contributed by atoms with van der Waals surface area (Å²) in [6.45, 7) is 0.993. The van der Waals surface area contributed by atoms with Crippen molar-refractivity contribution in [2.24, 2.45) is 0 Å². The monoisotopic (exact) mass is 258 g/mol. The maximum atomic E-state index is 11.6. The van der Waals surface area contributed by atoms with Crippen LogP contribution in [0.4, 0.5) is 0 Å². The number of hydrogen-bond acceptors (Lipinski definition) is 4. The zero-order valence-corrected chi connectivity index (χ0v) is 10.3. The Bertz CT molecular complexity index is 418. The number of hydrogen-bond donors (Lipinski definition) is 3. The zero-order valence-electron chi connectivity index (χ0n) is 9.41. The molecule has 94 valence electrons. The van der Waals surface area contributed by atoms with Crippen LogP contribution in [0.2, 0.25) is 0 Å². The third-order valence-corrected chi connectivity index (χ3v) is 2.73. The first-order chi connectivity index (χ1) is 7.90. The molecule has 0 radical (unpaired) electrons. The van der Waals surface area contributed by atoms with Crippen LogP contribution in [0, 0.1) is 0 Å². The van der Waals surface area contributed by atoms with Gasteiger partial charge in [-0.05, 0) is 12.1 Å². The summed E-state index contributed by atoms with van der Waals surface area (Å²) in [6.07, 6.45) is -0.161. The fraction of sp³-hybridized carbons (Fsp3) is 0.300. The van der Waals surface area contributed by atoms with E-state index in [2.05, 4.69) is 5.32 Å². The lowest BCUT2D eigenvalue weighted by atomic mass is 10.2. The highest BCUT2D eigenvalue weighted by Gasteiger charge is 2.14. The minimum Gasteiger partial charge on any atom is -0.344 e. The van der Waals surface area contributed by atoms with Gasteiger partial charge in [-0.3, -0.25) is 19.9 Å². The molecule has 6 nitrogen and oxygen atoms in total. The Labute approximate surface area is 99.3 Å². The summed E-state index contributed by atoms with van der Waals surface area (Å²) in [5, 5.41) is 12.4. The van der Waals surface area contributed by atoms with Gasteiger partial charge in [-0.15, -0.1) is 0 Å². The second-order valence-corrected chi connectivity index (χ2v) is 6.11. The highest BCUT2D eigenvalue weighted by molar-refractivity contribution is 7.57. The molecule has 0 saturated heterocycles. The summed E-state index contributed by atoms with van der Waals surface area (Å²) in [7, 11) is -3.18. The molecule has 0 saturated carbocycles. The smallest absolute Gasteiger partial charge is 0.278 e. The Kier molecular flexibility index (Phi) is 4.84. The molecule has 7 heteroatoms. The molecular weight excluding hydrogens is 243 g/mol. The summed E-state index contributed by atoms with van der Waals surface area (Å²) in [4.78, 5) is 20.6. The van der Waals surface area contributed by atoms with Crippen LogP contribution >= 0.6 is 7.37 Å². The SMILES string of the molecule is CP(=O)(O)CNCN(O)C(=O)c1ccccc1. The number of carbonyl (C=O) groups excluding carboxylic acids is 1. The Hall–Kier alpha value is -1.20. The van der Waals surface area contributed by atoms with Crippen molar-refractivity contribution in [1.82, 2.24) is 10.4 Å². The van der Waals surface area contributed by atoms with Crippen molar-refractivity contribution in [3.05, 3.63) is 35.9 Å². The topological polar surface area (TPSA) is 89.9 Å². The Morgan fingerprint density at radius 1 is 1.41 bits per heavy atom. The highest BCUT2D eigenvalue weighted by atomic mass is 31.2. The van der Waals surface area contributed by atoms with Crippen molar-refractivity contribution in [3.8, 4) is 0 Å². The first-order valence-electron chi connectivity index (χ1n) is 4.96. The lowest BCUT2D eigenvalue weighted by Gasteiger charge is -2.16. The van der Waals surface area contributed by atoms with Crippen LogP contribution in [0.25, 0.3) is 0 Å². The molecule has 0 aliphatic rings. The minimum atomic E-state index is -3.18. The number of hydroxylamine groups is 2. The molecule has 0 fully saturated rings. The predicted molar refractivity (Wildman–Crippen MR) is 63.0 cm³/mol. The summed E-state index contributed by atoms with van der Waals surface area (Å²) >= 11 is 0. The van der Waals surface area contributed by atoms with E-state index in [-0.39, 0.29) is 13.0 Å². The summed E-state index contributed by atoms with van der Waals surface area (Å²) in [5.41, 5.74) is 0.348. The van der Waals surface area contributed by atoms with Crippen molar-refractivity contribution < 1.29 is 19.5 Å². The summed E-state index contributed by atoms with van der Waals surface area (Å²) < 4.78 is 10.9. The zero-order chi connectivity index (χ0) is 12.9. The van der Waals surface area contributed by atoms with E-state index in [1.54, 1.807) is 30.3 Å². The molecule has 0 spiro atoms. The first kappa shape index (κ1) is 13.9. The van der Waals surface area contributed by atoms with Gasteiger partial charge in [0.1, 0.15) is 0 Å². The number of amides is 1. The number of benzene rings is 1. The van der Waals surface area contributed by atoms with Crippen molar-refractivity contribution in [2.45, 2.75) is 0 Å².